The van der Waals surface area contributed by atoms with Crippen LogP contribution in [0.1, 0.15) is 37.0 Å². The number of aryl methyl sites for hydroxylation is 1. The smallest absolute Gasteiger partial charge is 0.242 e. The average Bonchev–Trinajstić information content (AvgIpc) is 2.65. The Morgan fingerprint density at radius 3 is 2.44 bits per heavy atom. The van der Waals surface area contributed by atoms with Crippen LogP contribution >= 0.6 is 0 Å². The summed E-state index contributed by atoms with van der Waals surface area (Å²) in [4.78, 5) is 27.0. The number of benzene rings is 2. The van der Waals surface area contributed by atoms with Gasteiger partial charge in [0.2, 0.25) is 11.8 Å². The first-order chi connectivity index (χ1) is 12.9. The van der Waals surface area contributed by atoms with E-state index >= 15 is 0 Å². The summed E-state index contributed by atoms with van der Waals surface area (Å²) in [5.41, 5.74) is 2.79. The van der Waals surface area contributed by atoms with Crippen LogP contribution in [0.3, 0.4) is 0 Å². The molecule has 1 atom stereocenters. The van der Waals surface area contributed by atoms with Crippen molar-refractivity contribution in [3.05, 3.63) is 71.0 Å². The fourth-order valence-electron chi connectivity index (χ4n) is 2.86. The van der Waals surface area contributed by atoms with Gasteiger partial charge in [0.1, 0.15) is 11.9 Å². The van der Waals surface area contributed by atoms with E-state index in [0.29, 0.717) is 13.1 Å². The normalized spacial score (nSPS) is 11.7. The Balaban J connectivity index is 2.20. The Kier molecular flexibility index (Phi) is 7.53. The number of carbonyl (C=O) groups excluding carboxylic acids is 2. The molecule has 2 aromatic rings. The first kappa shape index (κ1) is 20.6. The molecular formula is C22H27FN2O2. The average molecular weight is 370 g/mol. The largest absolute Gasteiger partial charge is 0.354 e. The Morgan fingerprint density at radius 1 is 1.11 bits per heavy atom. The van der Waals surface area contributed by atoms with Crippen LogP contribution in [0.2, 0.25) is 0 Å². The zero-order valence-corrected chi connectivity index (χ0v) is 16.2. The molecule has 27 heavy (non-hydrogen) atoms. The zero-order chi connectivity index (χ0) is 19.8. The second-order valence-electron chi connectivity index (χ2n) is 6.78. The maximum Gasteiger partial charge on any atom is 0.242 e. The molecule has 0 fully saturated rings. The van der Waals surface area contributed by atoms with Crippen molar-refractivity contribution in [3.63, 3.8) is 0 Å². The molecule has 1 N–H and O–H groups in total. The van der Waals surface area contributed by atoms with Crippen molar-refractivity contribution in [2.24, 2.45) is 0 Å². The van der Waals surface area contributed by atoms with Crippen LogP contribution in [-0.4, -0.2) is 29.3 Å². The summed E-state index contributed by atoms with van der Waals surface area (Å²) in [7, 11) is 0. The van der Waals surface area contributed by atoms with Gasteiger partial charge in [-0.1, -0.05) is 48.9 Å². The monoisotopic (exact) mass is 370 g/mol. The number of halogens is 1. The molecule has 0 radical (unpaired) electrons. The van der Waals surface area contributed by atoms with Gasteiger partial charge in [0.25, 0.3) is 0 Å². The van der Waals surface area contributed by atoms with E-state index in [1.54, 1.807) is 24.0 Å². The van der Waals surface area contributed by atoms with Gasteiger partial charge in [0, 0.05) is 13.1 Å². The van der Waals surface area contributed by atoms with Crippen LogP contribution in [0.25, 0.3) is 0 Å². The first-order valence-electron chi connectivity index (χ1n) is 9.28. The summed E-state index contributed by atoms with van der Waals surface area (Å²) in [6.07, 6.45) is 0.956. The summed E-state index contributed by atoms with van der Waals surface area (Å²) in [5, 5.41) is 2.85. The van der Waals surface area contributed by atoms with E-state index in [4.69, 9.17) is 0 Å². The molecule has 2 rings (SSSR count). The summed E-state index contributed by atoms with van der Waals surface area (Å²) < 4.78 is 13.1. The molecule has 4 nitrogen and oxygen atoms in total. The van der Waals surface area contributed by atoms with Crippen molar-refractivity contribution in [3.8, 4) is 0 Å². The van der Waals surface area contributed by atoms with Gasteiger partial charge in [-0.2, -0.15) is 0 Å². The van der Waals surface area contributed by atoms with E-state index < -0.39 is 6.04 Å². The minimum Gasteiger partial charge on any atom is -0.354 e. The van der Waals surface area contributed by atoms with Gasteiger partial charge in [0.15, 0.2) is 0 Å². The number of carbonyl (C=O) groups is 2. The van der Waals surface area contributed by atoms with Crippen molar-refractivity contribution in [2.45, 2.75) is 46.2 Å². The van der Waals surface area contributed by atoms with Crippen LogP contribution in [-0.2, 0) is 22.6 Å². The molecule has 0 saturated heterocycles. The van der Waals surface area contributed by atoms with E-state index in [0.717, 1.165) is 23.1 Å². The summed E-state index contributed by atoms with van der Waals surface area (Å²) in [6.45, 7) is 6.64. The topological polar surface area (TPSA) is 49.4 Å². The predicted molar refractivity (Wildman–Crippen MR) is 105 cm³/mol. The van der Waals surface area contributed by atoms with Gasteiger partial charge in [-0.3, -0.25) is 9.59 Å². The number of hydrogen-bond donors (Lipinski definition) is 1. The molecule has 0 aliphatic heterocycles. The molecule has 144 valence electrons. The van der Waals surface area contributed by atoms with Crippen molar-refractivity contribution in [1.29, 1.82) is 0 Å². The van der Waals surface area contributed by atoms with Crippen LogP contribution in [0.5, 0.6) is 0 Å². The number of nitrogens with zero attached hydrogens (tertiary/aromatic N) is 1. The van der Waals surface area contributed by atoms with Crippen LogP contribution in [0.15, 0.2) is 48.5 Å². The number of hydrogen-bond acceptors (Lipinski definition) is 2. The fourth-order valence-corrected chi connectivity index (χ4v) is 2.86. The molecule has 0 aromatic heterocycles. The highest BCUT2D eigenvalue weighted by Crippen LogP contribution is 2.14. The second-order valence-corrected chi connectivity index (χ2v) is 6.78. The van der Waals surface area contributed by atoms with Gasteiger partial charge in [-0.25, -0.2) is 4.39 Å². The molecule has 0 aliphatic rings. The highest BCUT2D eigenvalue weighted by atomic mass is 19.1. The van der Waals surface area contributed by atoms with E-state index in [-0.39, 0.29) is 24.1 Å². The van der Waals surface area contributed by atoms with Gasteiger partial charge in [-0.05, 0) is 43.5 Å². The lowest BCUT2D eigenvalue weighted by Gasteiger charge is -2.29. The van der Waals surface area contributed by atoms with E-state index in [1.807, 2.05) is 38.1 Å². The summed E-state index contributed by atoms with van der Waals surface area (Å²) >= 11 is 0. The lowest BCUT2D eigenvalue weighted by atomic mass is 10.1. The molecule has 0 aliphatic carbocycles. The number of nitrogens with one attached hydrogen (secondary N) is 1. The number of amides is 2. The third-order valence-electron chi connectivity index (χ3n) is 4.42. The zero-order valence-electron chi connectivity index (χ0n) is 16.2. The second kappa shape index (κ2) is 9.86. The lowest BCUT2D eigenvalue weighted by molar-refractivity contribution is -0.140. The van der Waals surface area contributed by atoms with Crippen molar-refractivity contribution in [2.75, 3.05) is 6.54 Å². The van der Waals surface area contributed by atoms with Gasteiger partial charge in [0.05, 0.1) is 6.42 Å². The third-order valence-corrected chi connectivity index (χ3v) is 4.42. The van der Waals surface area contributed by atoms with E-state index in [9.17, 15) is 14.0 Å². The molecule has 0 saturated carbocycles. The van der Waals surface area contributed by atoms with Crippen molar-refractivity contribution < 1.29 is 14.0 Å². The van der Waals surface area contributed by atoms with Crippen LogP contribution in [0.4, 0.5) is 4.39 Å². The van der Waals surface area contributed by atoms with Crippen LogP contribution < -0.4 is 5.32 Å². The molecule has 2 amide bonds. The van der Waals surface area contributed by atoms with E-state index in [2.05, 4.69) is 5.32 Å². The molecule has 0 bridgehead atoms. The Bertz CT molecular complexity index is 774. The predicted octanol–water partition coefficient (Wildman–Crippen LogP) is 3.62. The standard InChI is InChI=1S/C22H27FN2O2/c1-4-12-24-22(27)17(3)25(15-19-7-5-6-16(2)13-19)21(26)14-18-8-10-20(23)11-9-18/h5-11,13,17H,4,12,14-15H2,1-3H3,(H,24,27)/t17-/m0/s1. The highest BCUT2D eigenvalue weighted by Gasteiger charge is 2.26. The summed E-state index contributed by atoms with van der Waals surface area (Å²) in [6, 6.07) is 13.2. The Hall–Kier alpha value is -2.69. The highest BCUT2D eigenvalue weighted by molar-refractivity contribution is 5.88. The molecule has 2 aromatic carbocycles. The molecule has 0 heterocycles. The van der Waals surface area contributed by atoms with Crippen molar-refractivity contribution >= 4 is 11.8 Å². The van der Waals surface area contributed by atoms with E-state index in [1.165, 1.54) is 12.1 Å². The SMILES string of the molecule is CCCNC(=O)[C@H](C)N(Cc1cccc(C)c1)C(=O)Cc1ccc(F)cc1. The number of rotatable bonds is 8. The maximum atomic E-state index is 13.1. The minimum atomic E-state index is -0.593. The minimum absolute atomic E-state index is 0.123. The molecular weight excluding hydrogens is 343 g/mol. The molecule has 5 heteroatoms. The van der Waals surface area contributed by atoms with Gasteiger partial charge < -0.3 is 10.2 Å². The Labute approximate surface area is 160 Å². The van der Waals surface area contributed by atoms with Gasteiger partial charge in [-0.15, -0.1) is 0 Å². The fraction of sp³-hybridized carbons (Fsp3) is 0.364. The molecule has 0 unspecified atom stereocenters. The summed E-state index contributed by atoms with van der Waals surface area (Å²) in [5.74, 6) is -0.672. The Morgan fingerprint density at radius 2 is 1.81 bits per heavy atom. The quantitative estimate of drug-likeness (QED) is 0.772. The molecule has 0 spiro atoms. The van der Waals surface area contributed by atoms with Crippen LogP contribution in [0, 0.1) is 12.7 Å². The third kappa shape index (κ3) is 6.20. The van der Waals surface area contributed by atoms with Gasteiger partial charge >= 0.3 is 0 Å². The maximum absolute atomic E-state index is 13.1. The van der Waals surface area contributed by atoms with Crippen molar-refractivity contribution in [1.82, 2.24) is 10.2 Å². The first-order valence-corrected chi connectivity index (χ1v) is 9.28. The lowest BCUT2D eigenvalue weighted by Crippen LogP contribution is -2.48.